The highest BCUT2D eigenvalue weighted by Crippen LogP contribution is 2.37. The van der Waals surface area contributed by atoms with Crippen LogP contribution in [0.4, 0.5) is 5.69 Å². The summed E-state index contributed by atoms with van der Waals surface area (Å²) in [5.41, 5.74) is 12.3. The zero-order chi connectivity index (χ0) is 21.0. The number of hydrogen-bond acceptors (Lipinski definition) is 6. The third-order valence-corrected chi connectivity index (χ3v) is 5.32. The molecule has 0 aromatic heterocycles. The fourth-order valence-corrected chi connectivity index (χ4v) is 3.85. The van der Waals surface area contributed by atoms with Gasteiger partial charge in [0.15, 0.2) is 0 Å². The molecular weight excluding hydrogens is 384 g/mol. The Bertz CT molecular complexity index is 962. The molecule has 1 atom stereocenters. The van der Waals surface area contributed by atoms with Crippen LogP contribution in [0.1, 0.15) is 36.1 Å². The molecule has 0 saturated heterocycles. The Morgan fingerprint density at radius 3 is 2.69 bits per heavy atom. The molecule has 1 unspecified atom stereocenters. The number of hydrazine groups is 1. The Kier molecular flexibility index (Phi) is 6.46. The van der Waals surface area contributed by atoms with Crippen LogP contribution in [0.3, 0.4) is 0 Å². The Hall–Kier alpha value is -2.96. The number of nitrogens with two attached hydrogens (primary N) is 2. The summed E-state index contributed by atoms with van der Waals surface area (Å²) >= 11 is 6.39. The smallest absolute Gasteiger partial charge is 0.0777 e. The van der Waals surface area contributed by atoms with E-state index >= 15 is 0 Å². The summed E-state index contributed by atoms with van der Waals surface area (Å²) in [4.78, 5) is 0. The molecule has 3 rings (SSSR count). The molecule has 1 aliphatic rings. The highest BCUT2D eigenvalue weighted by molar-refractivity contribution is 6.33. The minimum Gasteiger partial charge on any atom is -0.401 e. The summed E-state index contributed by atoms with van der Waals surface area (Å²) in [6, 6.07) is 13.8. The van der Waals surface area contributed by atoms with Crippen LogP contribution in [0.5, 0.6) is 0 Å². The van der Waals surface area contributed by atoms with Crippen LogP contribution in [0.15, 0.2) is 54.4 Å². The normalized spacial score (nSPS) is 18.6. The zero-order valence-corrected chi connectivity index (χ0v) is 17.4. The summed E-state index contributed by atoms with van der Waals surface area (Å²) in [6.07, 6.45) is 3.91. The highest BCUT2D eigenvalue weighted by atomic mass is 35.5. The molecule has 2 aromatic carbocycles. The molecule has 0 radical (unpaired) electrons. The molecule has 1 aliphatic heterocycles. The van der Waals surface area contributed by atoms with Crippen LogP contribution >= 0.6 is 11.6 Å². The van der Waals surface area contributed by atoms with Gasteiger partial charge in [-0.25, -0.2) is 5.84 Å². The van der Waals surface area contributed by atoms with Gasteiger partial charge in [-0.1, -0.05) is 35.9 Å². The first-order valence-corrected chi connectivity index (χ1v) is 9.86. The van der Waals surface area contributed by atoms with Crippen molar-refractivity contribution in [1.82, 2.24) is 10.3 Å². The van der Waals surface area contributed by atoms with E-state index in [1.807, 2.05) is 56.6 Å². The molecule has 0 amide bonds. The van der Waals surface area contributed by atoms with Crippen molar-refractivity contribution in [2.24, 2.45) is 11.6 Å². The third kappa shape index (κ3) is 4.39. The van der Waals surface area contributed by atoms with Crippen molar-refractivity contribution >= 4 is 34.8 Å². The van der Waals surface area contributed by atoms with Gasteiger partial charge in [-0.15, -0.1) is 0 Å². The average Bonchev–Trinajstić information content (AvgIpc) is 2.84. The molecule has 0 spiro atoms. The van der Waals surface area contributed by atoms with E-state index in [1.165, 1.54) is 6.21 Å². The van der Waals surface area contributed by atoms with Gasteiger partial charge < -0.3 is 26.8 Å². The van der Waals surface area contributed by atoms with Crippen molar-refractivity contribution in [3.8, 4) is 0 Å². The standard InChI is InChI=1S/C22H27ClN6/c1-14(25)22-17-8-7-15(16(12-24)13-27-2)11-18(17)20(9-10-29(22)26)28-21-6-4-3-5-19(21)23/h3-8,11-13,20,24,27-28H,9-10,25-26H2,1-2H3/b16-13+,22-14-,24-12?. The number of halogens is 1. The fraction of sp³-hybridized carbons (Fsp3) is 0.227. The number of para-hydroxylation sites is 1. The molecular formula is C22H27ClN6. The summed E-state index contributed by atoms with van der Waals surface area (Å²) in [6.45, 7) is 2.50. The molecule has 152 valence electrons. The first-order chi connectivity index (χ1) is 14.0. The fourth-order valence-electron chi connectivity index (χ4n) is 3.66. The molecule has 6 nitrogen and oxygen atoms in total. The Labute approximate surface area is 176 Å². The predicted molar refractivity (Wildman–Crippen MR) is 122 cm³/mol. The molecule has 0 bridgehead atoms. The monoisotopic (exact) mass is 410 g/mol. The second-order valence-corrected chi connectivity index (χ2v) is 7.43. The van der Waals surface area contributed by atoms with Crippen LogP contribution < -0.4 is 22.2 Å². The highest BCUT2D eigenvalue weighted by Gasteiger charge is 2.26. The van der Waals surface area contributed by atoms with Crippen molar-refractivity contribution < 1.29 is 0 Å². The number of nitrogens with one attached hydrogen (secondary N) is 3. The molecule has 7 heteroatoms. The quantitative estimate of drug-likeness (QED) is 0.379. The van der Waals surface area contributed by atoms with Gasteiger partial charge in [0.05, 0.1) is 22.4 Å². The maximum absolute atomic E-state index is 7.76. The summed E-state index contributed by atoms with van der Waals surface area (Å²) in [5.74, 6) is 6.34. The minimum absolute atomic E-state index is 0.0191. The third-order valence-electron chi connectivity index (χ3n) is 4.99. The van der Waals surface area contributed by atoms with E-state index in [0.717, 1.165) is 40.1 Å². The van der Waals surface area contributed by atoms with E-state index in [-0.39, 0.29) is 6.04 Å². The van der Waals surface area contributed by atoms with Gasteiger partial charge in [-0.2, -0.15) is 0 Å². The van der Waals surface area contributed by atoms with E-state index in [4.69, 9.17) is 28.6 Å². The van der Waals surface area contributed by atoms with Crippen LogP contribution in [0.2, 0.25) is 5.02 Å². The average molecular weight is 411 g/mol. The molecule has 0 aliphatic carbocycles. The van der Waals surface area contributed by atoms with E-state index in [1.54, 1.807) is 5.01 Å². The lowest BCUT2D eigenvalue weighted by Crippen LogP contribution is -2.31. The van der Waals surface area contributed by atoms with Crippen LogP contribution in [0.25, 0.3) is 11.3 Å². The lowest BCUT2D eigenvalue weighted by molar-refractivity contribution is 0.402. The summed E-state index contributed by atoms with van der Waals surface area (Å²) < 4.78 is 0. The number of anilines is 1. The lowest BCUT2D eigenvalue weighted by Gasteiger charge is -2.22. The van der Waals surface area contributed by atoms with Crippen LogP contribution in [-0.2, 0) is 0 Å². The van der Waals surface area contributed by atoms with Crippen LogP contribution in [0, 0.1) is 5.41 Å². The van der Waals surface area contributed by atoms with Gasteiger partial charge in [0.25, 0.3) is 0 Å². The van der Waals surface area contributed by atoms with Gasteiger partial charge in [0.1, 0.15) is 0 Å². The van der Waals surface area contributed by atoms with Gasteiger partial charge in [-0.05, 0) is 42.7 Å². The molecule has 29 heavy (non-hydrogen) atoms. The van der Waals surface area contributed by atoms with Crippen molar-refractivity contribution in [1.29, 1.82) is 5.41 Å². The van der Waals surface area contributed by atoms with E-state index in [0.29, 0.717) is 17.3 Å². The number of fused-ring (bicyclic) bond motifs is 1. The van der Waals surface area contributed by atoms with Gasteiger partial charge in [-0.3, -0.25) is 0 Å². The maximum Gasteiger partial charge on any atom is 0.0777 e. The first-order valence-electron chi connectivity index (χ1n) is 9.48. The van der Waals surface area contributed by atoms with Gasteiger partial charge in [0.2, 0.25) is 0 Å². The second kappa shape index (κ2) is 9.03. The zero-order valence-electron chi connectivity index (χ0n) is 16.7. The molecule has 2 aromatic rings. The Morgan fingerprint density at radius 2 is 2.03 bits per heavy atom. The van der Waals surface area contributed by atoms with E-state index in [9.17, 15) is 0 Å². The molecule has 7 N–H and O–H groups in total. The number of allylic oxidation sites excluding steroid dienone is 2. The van der Waals surface area contributed by atoms with E-state index < -0.39 is 0 Å². The Balaban J connectivity index is 2.16. The number of benzene rings is 2. The first kappa shape index (κ1) is 20.8. The molecule has 0 fully saturated rings. The second-order valence-electron chi connectivity index (χ2n) is 7.03. The van der Waals surface area contributed by atoms with E-state index in [2.05, 4.69) is 16.7 Å². The minimum atomic E-state index is -0.0191. The van der Waals surface area contributed by atoms with Gasteiger partial charge >= 0.3 is 0 Å². The largest absolute Gasteiger partial charge is 0.401 e. The number of nitrogens with zero attached hydrogens (tertiary/aromatic N) is 1. The summed E-state index contributed by atoms with van der Waals surface area (Å²) in [5, 5.41) is 16.7. The van der Waals surface area contributed by atoms with Crippen LogP contribution in [-0.4, -0.2) is 24.8 Å². The Morgan fingerprint density at radius 1 is 1.28 bits per heavy atom. The van der Waals surface area contributed by atoms with Crippen molar-refractivity contribution in [3.63, 3.8) is 0 Å². The van der Waals surface area contributed by atoms with Crippen molar-refractivity contribution in [2.75, 3.05) is 18.9 Å². The predicted octanol–water partition coefficient (Wildman–Crippen LogP) is 3.93. The van der Waals surface area contributed by atoms with Gasteiger partial charge in [0, 0.05) is 42.8 Å². The van der Waals surface area contributed by atoms with Crippen molar-refractivity contribution in [3.05, 3.63) is 76.1 Å². The number of hydrogen-bond donors (Lipinski definition) is 5. The van der Waals surface area contributed by atoms with Crippen molar-refractivity contribution in [2.45, 2.75) is 19.4 Å². The SMILES string of the molecule is CN/C=C(\C=N)c1ccc2c(c1)C(Nc1ccccc1Cl)CCN(N)/C2=C(/C)N. The molecule has 0 saturated carbocycles. The number of rotatable bonds is 5. The topological polar surface area (TPSA) is 103 Å². The molecule has 1 heterocycles. The maximum atomic E-state index is 7.76. The lowest BCUT2D eigenvalue weighted by atomic mass is 9.92. The summed E-state index contributed by atoms with van der Waals surface area (Å²) in [7, 11) is 1.82.